The molecule has 4 rings (SSSR count). The first-order valence-electron chi connectivity index (χ1n) is 10.9. The van der Waals surface area contributed by atoms with E-state index in [4.69, 9.17) is 70.2 Å². The fourth-order valence-corrected chi connectivity index (χ4v) is 6.20. The highest BCUT2D eigenvalue weighted by Crippen LogP contribution is 2.59. The Bertz CT molecular complexity index is 1080. The first kappa shape index (κ1) is 26.4. The Morgan fingerprint density at radius 3 is 2.56 bits per heavy atom. The highest BCUT2D eigenvalue weighted by molar-refractivity contribution is 7.80. The standard InChI is InChI=1S/C22H25Cl5N4O2S/c1-21(2)13(7-15(23)24)17(21)18(33)28-19(22(25,26)27)29-20(34)30-8-11-6-12(10-30)14-4-3-5-16(32)31(14)9-11/h3-5,7,11-13,17,19H,6,8-10H2,1-2H3,(H,28,33)(H,29,34)/t11-,12-,13+,17+,19+/m1/s1. The molecular weight excluding hydrogens is 562 g/mol. The Morgan fingerprint density at radius 2 is 1.91 bits per heavy atom. The Labute approximate surface area is 228 Å². The third-order valence-corrected chi connectivity index (χ3v) is 8.43. The van der Waals surface area contributed by atoms with Crippen molar-refractivity contribution in [2.24, 2.45) is 23.2 Å². The van der Waals surface area contributed by atoms with Crippen molar-refractivity contribution in [1.82, 2.24) is 20.1 Å². The topological polar surface area (TPSA) is 66.4 Å². The van der Waals surface area contributed by atoms with E-state index in [1.165, 1.54) is 0 Å². The van der Waals surface area contributed by atoms with Crippen LogP contribution in [-0.4, -0.2) is 43.5 Å². The number of fused-ring (bicyclic) bond motifs is 4. The van der Waals surface area contributed by atoms with Gasteiger partial charge in [0.05, 0.1) is 5.92 Å². The second-order valence-corrected chi connectivity index (χ2v) is 13.6. The van der Waals surface area contributed by atoms with E-state index in [9.17, 15) is 9.59 Å². The number of carbonyl (C=O) groups excluding carboxylic acids is 1. The van der Waals surface area contributed by atoms with Crippen molar-refractivity contribution in [1.29, 1.82) is 0 Å². The number of halogens is 5. The average molecular weight is 587 g/mol. The molecule has 1 aromatic rings. The van der Waals surface area contributed by atoms with E-state index in [-0.39, 0.29) is 45.0 Å². The summed E-state index contributed by atoms with van der Waals surface area (Å²) in [4.78, 5) is 27.3. The van der Waals surface area contributed by atoms with Crippen molar-refractivity contribution in [3.8, 4) is 0 Å². The van der Waals surface area contributed by atoms with Gasteiger partial charge >= 0.3 is 0 Å². The zero-order valence-electron chi connectivity index (χ0n) is 18.5. The summed E-state index contributed by atoms with van der Waals surface area (Å²) in [6, 6.07) is 5.37. The van der Waals surface area contributed by atoms with Crippen molar-refractivity contribution in [2.75, 3.05) is 13.1 Å². The second kappa shape index (κ2) is 9.64. The lowest BCUT2D eigenvalue weighted by Crippen LogP contribution is -2.60. The van der Waals surface area contributed by atoms with Crippen LogP contribution in [0.15, 0.2) is 33.6 Å². The Balaban J connectivity index is 1.45. The molecule has 2 aliphatic heterocycles. The van der Waals surface area contributed by atoms with Crippen LogP contribution in [0, 0.1) is 23.2 Å². The van der Waals surface area contributed by atoms with Gasteiger partial charge in [0.2, 0.25) is 9.70 Å². The number of rotatable bonds is 4. The Morgan fingerprint density at radius 1 is 1.21 bits per heavy atom. The SMILES string of the molecule is CC1(C)[C@H](C(=O)N[C@@H](NC(=S)N2C[C@H]3C[C@H](C2)c2cccc(=O)n2C3)C(Cl)(Cl)Cl)[C@@H]1C=C(Cl)Cl. The van der Waals surface area contributed by atoms with Gasteiger partial charge in [0.15, 0.2) is 5.11 Å². The van der Waals surface area contributed by atoms with E-state index in [2.05, 4.69) is 10.6 Å². The number of nitrogens with one attached hydrogen (secondary N) is 2. The van der Waals surface area contributed by atoms with Gasteiger partial charge < -0.3 is 20.1 Å². The minimum atomic E-state index is -1.85. The number of likely N-dealkylation sites (tertiary alicyclic amines) is 1. The molecule has 1 aliphatic carbocycles. The molecule has 2 N–H and O–H groups in total. The number of hydrogen-bond donors (Lipinski definition) is 2. The van der Waals surface area contributed by atoms with Gasteiger partial charge in [-0.05, 0) is 48.0 Å². The van der Waals surface area contributed by atoms with E-state index < -0.39 is 9.96 Å². The fraction of sp³-hybridized carbons (Fsp3) is 0.591. The summed E-state index contributed by atoms with van der Waals surface area (Å²) in [5.74, 6) is -0.329. The third-order valence-electron chi connectivity index (χ3n) is 7.15. The lowest BCUT2D eigenvalue weighted by atomic mass is 9.83. The number of aromatic nitrogens is 1. The third kappa shape index (κ3) is 5.35. The summed E-state index contributed by atoms with van der Waals surface area (Å²) in [5, 5.41) is 6.22. The van der Waals surface area contributed by atoms with Crippen LogP contribution in [0.25, 0.3) is 0 Å². The molecule has 5 atom stereocenters. The van der Waals surface area contributed by atoms with Crippen LogP contribution in [0.2, 0.25) is 0 Å². The van der Waals surface area contributed by atoms with Gasteiger partial charge in [0.25, 0.3) is 5.56 Å². The molecule has 12 heteroatoms. The van der Waals surface area contributed by atoms with Crippen LogP contribution < -0.4 is 16.2 Å². The van der Waals surface area contributed by atoms with Gasteiger partial charge in [-0.3, -0.25) is 9.59 Å². The Kier molecular flexibility index (Phi) is 7.47. The molecule has 2 bridgehead atoms. The van der Waals surface area contributed by atoms with Crippen LogP contribution in [-0.2, 0) is 11.3 Å². The lowest BCUT2D eigenvalue weighted by molar-refractivity contribution is -0.123. The molecule has 2 fully saturated rings. The summed E-state index contributed by atoms with van der Waals surface area (Å²) in [7, 11) is 0. The van der Waals surface area contributed by atoms with Gasteiger partial charge in [-0.25, -0.2) is 0 Å². The predicted octanol–water partition coefficient (Wildman–Crippen LogP) is 4.55. The van der Waals surface area contributed by atoms with Gasteiger partial charge in [-0.2, -0.15) is 0 Å². The van der Waals surface area contributed by atoms with E-state index in [0.29, 0.717) is 24.7 Å². The lowest BCUT2D eigenvalue weighted by Gasteiger charge is -2.44. The second-order valence-electron chi connectivity index (χ2n) is 9.82. The molecular formula is C22H25Cl5N4O2S. The van der Waals surface area contributed by atoms with Gasteiger partial charge in [-0.15, -0.1) is 0 Å². The fourth-order valence-electron chi connectivity index (χ4n) is 5.33. The number of amides is 1. The molecule has 0 radical (unpaired) electrons. The number of piperidine rings is 1. The van der Waals surface area contributed by atoms with Crippen molar-refractivity contribution < 1.29 is 4.79 Å². The summed E-state index contributed by atoms with van der Waals surface area (Å²) in [6.07, 6.45) is 1.61. The van der Waals surface area contributed by atoms with E-state index in [1.54, 1.807) is 18.2 Å². The molecule has 186 valence electrons. The van der Waals surface area contributed by atoms with Crippen LogP contribution >= 0.6 is 70.2 Å². The molecule has 1 amide bonds. The molecule has 0 aromatic carbocycles. The van der Waals surface area contributed by atoms with Gasteiger partial charge in [0, 0.05) is 37.3 Å². The van der Waals surface area contributed by atoms with Crippen LogP contribution in [0.1, 0.15) is 31.9 Å². The zero-order chi connectivity index (χ0) is 25.0. The summed E-state index contributed by atoms with van der Waals surface area (Å²) >= 11 is 35.9. The number of carbonyl (C=O) groups is 1. The van der Waals surface area contributed by atoms with Crippen molar-refractivity contribution in [3.05, 3.63) is 44.8 Å². The first-order chi connectivity index (χ1) is 15.8. The smallest absolute Gasteiger partial charge is 0.250 e. The van der Waals surface area contributed by atoms with Gasteiger partial charge in [-0.1, -0.05) is 77.9 Å². The van der Waals surface area contributed by atoms with Crippen LogP contribution in [0.3, 0.4) is 0 Å². The molecule has 0 unspecified atom stereocenters. The number of pyridine rings is 1. The highest BCUT2D eigenvalue weighted by atomic mass is 35.6. The summed E-state index contributed by atoms with van der Waals surface area (Å²) in [6.45, 7) is 5.84. The Hall–Kier alpha value is -0.700. The molecule has 6 nitrogen and oxygen atoms in total. The molecule has 1 saturated carbocycles. The van der Waals surface area contributed by atoms with E-state index in [0.717, 1.165) is 12.1 Å². The molecule has 3 heterocycles. The first-order valence-corrected chi connectivity index (χ1v) is 13.2. The number of nitrogens with zero attached hydrogens (tertiary/aromatic N) is 2. The quantitative estimate of drug-likeness (QED) is 0.308. The van der Waals surface area contributed by atoms with Crippen molar-refractivity contribution >= 4 is 81.2 Å². The maximum absolute atomic E-state index is 13.0. The van der Waals surface area contributed by atoms with E-state index >= 15 is 0 Å². The minimum Gasteiger partial charge on any atom is -0.348 e. The molecule has 0 spiro atoms. The maximum atomic E-state index is 13.0. The monoisotopic (exact) mass is 584 g/mol. The molecule has 34 heavy (non-hydrogen) atoms. The number of thiocarbonyl (C=S) groups is 1. The number of allylic oxidation sites excluding steroid dienone is 1. The van der Waals surface area contributed by atoms with Crippen molar-refractivity contribution in [2.45, 2.75) is 42.7 Å². The summed E-state index contributed by atoms with van der Waals surface area (Å²) < 4.78 is 0.122. The minimum absolute atomic E-state index is 0.0203. The van der Waals surface area contributed by atoms with Crippen LogP contribution in [0.5, 0.6) is 0 Å². The predicted molar refractivity (Wildman–Crippen MR) is 142 cm³/mol. The van der Waals surface area contributed by atoms with Crippen LogP contribution in [0.4, 0.5) is 0 Å². The average Bonchev–Trinajstić information content (AvgIpc) is 3.26. The summed E-state index contributed by atoms with van der Waals surface area (Å²) in [5.41, 5.74) is 0.704. The largest absolute Gasteiger partial charge is 0.348 e. The molecule has 3 aliphatic rings. The number of hydrogen-bond acceptors (Lipinski definition) is 3. The van der Waals surface area contributed by atoms with Gasteiger partial charge in [0.1, 0.15) is 10.7 Å². The zero-order valence-corrected chi connectivity index (χ0v) is 23.1. The highest BCUT2D eigenvalue weighted by Gasteiger charge is 2.61. The maximum Gasteiger partial charge on any atom is 0.250 e. The molecule has 1 saturated heterocycles. The van der Waals surface area contributed by atoms with Crippen molar-refractivity contribution in [3.63, 3.8) is 0 Å². The normalized spacial score (nSPS) is 27.8. The van der Waals surface area contributed by atoms with E-state index in [1.807, 2.05) is 29.4 Å². The molecule has 1 aromatic heterocycles. The number of alkyl halides is 3.